The molecule has 0 fully saturated rings. The van der Waals surface area contributed by atoms with E-state index in [9.17, 15) is 4.39 Å². The summed E-state index contributed by atoms with van der Waals surface area (Å²) in [6.07, 6.45) is 5.35. The van der Waals surface area contributed by atoms with Crippen molar-refractivity contribution in [1.82, 2.24) is 4.98 Å². The number of aromatic nitrogens is 1. The van der Waals surface area contributed by atoms with Crippen molar-refractivity contribution < 1.29 is 4.39 Å². The normalized spacial score (nSPS) is 10.4. The highest BCUT2D eigenvalue weighted by atomic mass is 127. The van der Waals surface area contributed by atoms with Crippen molar-refractivity contribution in [3.63, 3.8) is 0 Å². The molecular formula is C11H5BrFIN2. The van der Waals surface area contributed by atoms with E-state index in [0.717, 1.165) is 5.39 Å². The predicted molar refractivity (Wildman–Crippen MR) is 74.5 cm³/mol. The van der Waals surface area contributed by atoms with Crippen LogP contribution < -0.4 is 5.73 Å². The maximum Gasteiger partial charge on any atom is 0.214 e. The lowest BCUT2D eigenvalue weighted by Crippen LogP contribution is -1.98. The minimum absolute atomic E-state index is 0.459. The first kappa shape index (κ1) is 11.6. The van der Waals surface area contributed by atoms with Crippen LogP contribution in [0.4, 0.5) is 10.1 Å². The van der Waals surface area contributed by atoms with E-state index in [2.05, 4.69) is 26.8 Å². The average Bonchev–Trinajstić information content (AvgIpc) is 2.24. The molecule has 2 rings (SSSR count). The molecule has 0 spiro atoms. The van der Waals surface area contributed by atoms with Gasteiger partial charge in [0, 0.05) is 21.5 Å². The number of terminal acetylenes is 1. The largest absolute Gasteiger partial charge is 0.397 e. The molecule has 0 aliphatic carbocycles. The van der Waals surface area contributed by atoms with Crippen molar-refractivity contribution >= 4 is 55.1 Å². The molecule has 16 heavy (non-hydrogen) atoms. The summed E-state index contributed by atoms with van der Waals surface area (Å²) in [6.45, 7) is 0. The van der Waals surface area contributed by atoms with Gasteiger partial charge in [-0.25, -0.2) is 4.98 Å². The van der Waals surface area contributed by atoms with Crippen LogP contribution in [0.2, 0.25) is 0 Å². The van der Waals surface area contributed by atoms with Gasteiger partial charge in [-0.15, -0.1) is 6.42 Å². The summed E-state index contributed by atoms with van der Waals surface area (Å²) in [5.41, 5.74) is 7.40. The van der Waals surface area contributed by atoms with Gasteiger partial charge in [-0.05, 0) is 44.6 Å². The second-order valence-corrected chi connectivity index (χ2v) is 5.05. The van der Waals surface area contributed by atoms with E-state index in [0.29, 0.717) is 24.8 Å². The van der Waals surface area contributed by atoms with Gasteiger partial charge in [-0.3, -0.25) is 0 Å². The van der Waals surface area contributed by atoms with Crippen LogP contribution in [0.5, 0.6) is 0 Å². The Morgan fingerprint density at radius 2 is 2.19 bits per heavy atom. The SMILES string of the molecule is C#Cc1cc2c(Br)cc(F)nc2c(I)c1N. The minimum atomic E-state index is -0.551. The maximum atomic E-state index is 13.2. The summed E-state index contributed by atoms with van der Waals surface area (Å²) in [5, 5.41) is 0.757. The Hall–Kier alpha value is -0.870. The van der Waals surface area contributed by atoms with Gasteiger partial charge in [-0.2, -0.15) is 4.39 Å². The van der Waals surface area contributed by atoms with Crippen molar-refractivity contribution in [2.24, 2.45) is 0 Å². The molecule has 1 heterocycles. The summed E-state index contributed by atoms with van der Waals surface area (Å²) >= 11 is 5.29. The predicted octanol–water partition coefficient (Wildman–Crippen LogP) is 3.30. The Morgan fingerprint density at radius 3 is 2.81 bits per heavy atom. The van der Waals surface area contributed by atoms with Crippen molar-refractivity contribution in [1.29, 1.82) is 0 Å². The molecule has 0 saturated heterocycles. The Balaban J connectivity index is 3.00. The fraction of sp³-hybridized carbons (Fsp3) is 0. The molecule has 0 aliphatic rings. The number of hydrogen-bond donors (Lipinski definition) is 1. The smallest absolute Gasteiger partial charge is 0.214 e. The van der Waals surface area contributed by atoms with E-state index in [1.165, 1.54) is 6.07 Å². The first-order chi connectivity index (χ1) is 7.54. The van der Waals surface area contributed by atoms with E-state index >= 15 is 0 Å². The zero-order chi connectivity index (χ0) is 11.9. The third-order valence-electron chi connectivity index (χ3n) is 2.16. The highest BCUT2D eigenvalue weighted by Gasteiger charge is 2.12. The number of hydrogen-bond acceptors (Lipinski definition) is 2. The Bertz CT molecular complexity index is 634. The summed E-state index contributed by atoms with van der Waals surface area (Å²) in [5.74, 6) is 1.95. The van der Waals surface area contributed by atoms with Gasteiger partial charge >= 0.3 is 0 Å². The fourth-order valence-corrected chi connectivity index (χ4v) is 2.58. The molecule has 0 bridgehead atoms. The molecule has 2 N–H and O–H groups in total. The first-order valence-electron chi connectivity index (χ1n) is 4.25. The molecule has 2 aromatic rings. The molecule has 2 nitrogen and oxygen atoms in total. The zero-order valence-corrected chi connectivity index (χ0v) is 11.6. The third-order valence-corrected chi connectivity index (χ3v) is 3.90. The van der Waals surface area contributed by atoms with Crippen molar-refractivity contribution in [2.45, 2.75) is 0 Å². The van der Waals surface area contributed by atoms with Gasteiger partial charge in [0.15, 0.2) is 0 Å². The van der Waals surface area contributed by atoms with Crippen LogP contribution in [0.25, 0.3) is 10.9 Å². The standard InChI is InChI=1S/C11H5BrFIN2/c1-2-5-3-6-7(12)4-8(13)16-11(6)9(14)10(5)15/h1,3-4H,15H2. The molecule has 1 aromatic carbocycles. The lowest BCUT2D eigenvalue weighted by Gasteiger charge is -2.07. The number of nitrogen functional groups attached to an aromatic ring is 1. The lowest BCUT2D eigenvalue weighted by atomic mass is 10.1. The van der Waals surface area contributed by atoms with Gasteiger partial charge < -0.3 is 5.73 Å². The third kappa shape index (κ3) is 1.76. The van der Waals surface area contributed by atoms with Crippen molar-refractivity contribution in [3.8, 4) is 12.3 Å². The highest BCUT2D eigenvalue weighted by molar-refractivity contribution is 14.1. The molecule has 0 unspecified atom stereocenters. The van der Waals surface area contributed by atoms with Gasteiger partial charge in [0.1, 0.15) is 0 Å². The molecule has 0 atom stereocenters. The minimum Gasteiger partial charge on any atom is -0.397 e. The van der Waals surface area contributed by atoms with Crippen LogP contribution in [0, 0.1) is 21.9 Å². The van der Waals surface area contributed by atoms with E-state index in [4.69, 9.17) is 12.2 Å². The monoisotopic (exact) mass is 390 g/mol. The van der Waals surface area contributed by atoms with E-state index < -0.39 is 5.95 Å². The average molecular weight is 391 g/mol. The summed E-state index contributed by atoms with van der Waals surface area (Å²) in [4.78, 5) is 3.82. The lowest BCUT2D eigenvalue weighted by molar-refractivity contribution is 0.588. The van der Waals surface area contributed by atoms with Gasteiger partial charge in [-0.1, -0.05) is 5.92 Å². The molecule has 1 aromatic heterocycles. The van der Waals surface area contributed by atoms with Crippen molar-refractivity contribution in [2.75, 3.05) is 5.73 Å². The molecule has 0 saturated carbocycles. The Morgan fingerprint density at radius 1 is 1.50 bits per heavy atom. The molecular weight excluding hydrogens is 386 g/mol. The Labute approximate surface area is 114 Å². The maximum absolute atomic E-state index is 13.2. The van der Waals surface area contributed by atoms with E-state index in [-0.39, 0.29) is 0 Å². The summed E-state index contributed by atoms with van der Waals surface area (Å²) in [6, 6.07) is 3.03. The number of rotatable bonds is 0. The zero-order valence-electron chi connectivity index (χ0n) is 7.89. The molecule has 80 valence electrons. The van der Waals surface area contributed by atoms with E-state index in [1.807, 2.05) is 22.6 Å². The van der Waals surface area contributed by atoms with Crippen molar-refractivity contribution in [3.05, 3.63) is 31.7 Å². The number of fused-ring (bicyclic) bond motifs is 1. The summed E-state index contributed by atoms with van der Waals surface area (Å²) in [7, 11) is 0. The first-order valence-corrected chi connectivity index (χ1v) is 6.12. The molecule has 0 aliphatic heterocycles. The summed E-state index contributed by atoms with van der Waals surface area (Å²) < 4.78 is 14.5. The van der Waals surface area contributed by atoms with Crippen LogP contribution in [-0.2, 0) is 0 Å². The number of nitrogens with zero attached hydrogens (tertiary/aromatic N) is 1. The fourth-order valence-electron chi connectivity index (χ4n) is 1.39. The second kappa shape index (κ2) is 4.18. The van der Waals surface area contributed by atoms with Crippen LogP contribution in [0.3, 0.4) is 0 Å². The molecule has 0 amide bonds. The highest BCUT2D eigenvalue weighted by Crippen LogP contribution is 2.32. The van der Waals surface area contributed by atoms with Crippen LogP contribution >= 0.6 is 38.5 Å². The van der Waals surface area contributed by atoms with Gasteiger partial charge in [0.2, 0.25) is 5.95 Å². The number of anilines is 1. The number of benzene rings is 1. The Kier molecular flexibility index (Phi) is 3.04. The topological polar surface area (TPSA) is 38.9 Å². The second-order valence-electron chi connectivity index (χ2n) is 3.12. The van der Waals surface area contributed by atoms with Gasteiger partial charge in [0.25, 0.3) is 0 Å². The van der Waals surface area contributed by atoms with E-state index in [1.54, 1.807) is 6.07 Å². The molecule has 0 radical (unpaired) electrons. The van der Waals surface area contributed by atoms with Crippen LogP contribution in [-0.4, -0.2) is 4.98 Å². The number of nitrogens with two attached hydrogens (primary N) is 1. The number of pyridine rings is 1. The molecule has 5 heteroatoms. The van der Waals surface area contributed by atoms with Crippen LogP contribution in [0.15, 0.2) is 16.6 Å². The van der Waals surface area contributed by atoms with Crippen LogP contribution in [0.1, 0.15) is 5.56 Å². The quantitative estimate of drug-likeness (QED) is 0.324. The van der Waals surface area contributed by atoms with Gasteiger partial charge in [0.05, 0.1) is 14.8 Å². The number of halogens is 3.